The van der Waals surface area contributed by atoms with Gasteiger partial charge in [0.1, 0.15) is 5.75 Å². The fourth-order valence-corrected chi connectivity index (χ4v) is 1.96. The van der Waals surface area contributed by atoms with Crippen molar-refractivity contribution in [3.05, 3.63) is 28.9 Å². The van der Waals surface area contributed by atoms with E-state index >= 15 is 0 Å². The maximum absolute atomic E-state index is 6.11. The molecule has 0 radical (unpaired) electrons. The highest BCUT2D eigenvalue weighted by molar-refractivity contribution is 6.31. The first-order chi connectivity index (χ1) is 10.5. The van der Waals surface area contributed by atoms with Gasteiger partial charge in [-0.15, -0.1) is 5.10 Å². The quantitative estimate of drug-likeness (QED) is 0.846. The number of hydrogen-bond donors (Lipinski definition) is 2. The second kappa shape index (κ2) is 7.26. The highest BCUT2D eigenvalue weighted by atomic mass is 35.5. The number of benzene rings is 1. The Kier molecular flexibility index (Phi) is 5.38. The molecule has 1 aromatic carbocycles. The first-order valence-electron chi connectivity index (χ1n) is 7.04. The molecule has 0 unspecified atom stereocenters. The molecule has 1 heterocycles. The molecule has 0 fully saturated rings. The van der Waals surface area contributed by atoms with E-state index in [1.54, 1.807) is 19.4 Å². The summed E-state index contributed by atoms with van der Waals surface area (Å²) in [6.07, 6.45) is 1.56. The Morgan fingerprint density at radius 3 is 2.77 bits per heavy atom. The lowest BCUT2D eigenvalue weighted by molar-refractivity contribution is 0.416. The summed E-state index contributed by atoms with van der Waals surface area (Å²) in [6.45, 7) is 6.95. The summed E-state index contributed by atoms with van der Waals surface area (Å²) in [7, 11) is 1.60. The molecule has 0 bridgehead atoms. The van der Waals surface area contributed by atoms with Gasteiger partial charge in [0.15, 0.2) is 5.82 Å². The third kappa shape index (κ3) is 4.21. The van der Waals surface area contributed by atoms with Crippen molar-refractivity contribution >= 4 is 29.1 Å². The molecule has 0 atom stereocenters. The van der Waals surface area contributed by atoms with Crippen molar-refractivity contribution in [2.24, 2.45) is 5.92 Å². The average molecular weight is 322 g/mol. The molecule has 0 aliphatic heterocycles. The molecule has 1 aromatic heterocycles. The molecule has 0 saturated heterocycles. The van der Waals surface area contributed by atoms with Gasteiger partial charge in [-0.3, -0.25) is 0 Å². The minimum absolute atomic E-state index is 0.489. The maximum atomic E-state index is 6.11. The fourth-order valence-electron chi connectivity index (χ4n) is 1.80. The van der Waals surface area contributed by atoms with Crippen LogP contribution in [0.1, 0.15) is 19.4 Å². The summed E-state index contributed by atoms with van der Waals surface area (Å²) < 4.78 is 5.34. The Morgan fingerprint density at radius 2 is 2.09 bits per heavy atom. The van der Waals surface area contributed by atoms with E-state index in [1.165, 1.54) is 0 Å². The Balaban J connectivity index is 2.20. The van der Waals surface area contributed by atoms with Gasteiger partial charge >= 0.3 is 0 Å². The number of rotatable bonds is 6. The van der Waals surface area contributed by atoms with Crippen LogP contribution in [0.3, 0.4) is 0 Å². The van der Waals surface area contributed by atoms with Crippen LogP contribution >= 0.6 is 11.6 Å². The zero-order valence-corrected chi connectivity index (χ0v) is 13.9. The van der Waals surface area contributed by atoms with E-state index in [0.29, 0.717) is 28.5 Å². The van der Waals surface area contributed by atoms with E-state index < -0.39 is 0 Å². The van der Waals surface area contributed by atoms with Crippen molar-refractivity contribution in [1.29, 1.82) is 0 Å². The topological polar surface area (TPSA) is 72.0 Å². The summed E-state index contributed by atoms with van der Waals surface area (Å²) in [4.78, 5) is 4.38. The Bertz CT molecular complexity index is 648. The molecule has 0 spiro atoms. The first kappa shape index (κ1) is 16.3. The summed E-state index contributed by atoms with van der Waals surface area (Å²) in [5, 5.41) is 14.9. The molecule has 2 N–H and O–H groups in total. The van der Waals surface area contributed by atoms with Crippen LogP contribution in [0.4, 0.5) is 17.5 Å². The number of ether oxygens (including phenoxy) is 1. The molecule has 2 rings (SSSR count). The number of aryl methyl sites for hydroxylation is 1. The SMILES string of the molecule is COc1cc(Cl)c(C)cc1Nc1cnnc(NCC(C)C)n1. The number of aromatic nitrogens is 3. The molecular formula is C15H20ClN5O. The lowest BCUT2D eigenvalue weighted by Crippen LogP contribution is -2.12. The van der Waals surface area contributed by atoms with E-state index in [-0.39, 0.29) is 0 Å². The summed E-state index contributed by atoms with van der Waals surface area (Å²) in [5.41, 5.74) is 1.73. The lowest BCUT2D eigenvalue weighted by atomic mass is 10.2. The zero-order valence-electron chi connectivity index (χ0n) is 13.1. The normalized spacial score (nSPS) is 10.6. The van der Waals surface area contributed by atoms with Gasteiger partial charge in [0.2, 0.25) is 5.95 Å². The number of halogens is 1. The molecule has 22 heavy (non-hydrogen) atoms. The van der Waals surface area contributed by atoms with Crippen LogP contribution in [0.25, 0.3) is 0 Å². The van der Waals surface area contributed by atoms with Gasteiger partial charge in [0.05, 0.1) is 19.0 Å². The monoisotopic (exact) mass is 321 g/mol. The lowest BCUT2D eigenvalue weighted by Gasteiger charge is -2.13. The molecular weight excluding hydrogens is 302 g/mol. The summed E-state index contributed by atoms with van der Waals surface area (Å²) in [5.74, 6) is 2.22. The molecule has 118 valence electrons. The van der Waals surface area contributed by atoms with Crippen molar-refractivity contribution in [1.82, 2.24) is 15.2 Å². The van der Waals surface area contributed by atoms with Crippen molar-refractivity contribution in [2.45, 2.75) is 20.8 Å². The van der Waals surface area contributed by atoms with Crippen molar-refractivity contribution < 1.29 is 4.74 Å². The highest BCUT2D eigenvalue weighted by Gasteiger charge is 2.09. The molecule has 2 aromatic rings. The number of methoxy groups -OCH3 is 1. The average Bonchev–Trinajstić information content (AvgIpc) is 2.49. The van der Waals surface area contributed by atoms with Crippen molar-refractivity contribution in [2.75, 3.05) is 24.3 Å². The van der Waals surface area contributed by atoms with Crippen LogP contribution in [-0.4, -0.2) is 28.8 Å². The molecule has 7 heteroatoms. The summed E-state index contributed by atoms with van der Waals surface area (Å²) >= 11 is 6.11. The smallest absolute Gasteiger partial charge is 0.244 e. The number of hydrogen-bond acceptors (Lipinski definition) is 6. The maximum Gasteiger partial charge on any atom is 0.244 e. The predicted molar refractivity (Wildman–Crippen MR) is 89.2 cm³/mol. The van der Waals surface area contributed by atoms with Gasteiger partial charge in [0, 0.05) is 17.6 Å². The van der Waals surface area contributed by atoms with Crippen LogP contribution in [-0.2, 0) is 0 Å². The summed E-state index contributed by atoms with van der Waals surface area (Å²) in [6, 6.07) is 3.68. The predicted octanol–water partition coefficient (Wildman–Crippen LogP) is 3.65. The van der Waals surface area contributed by atoms with Gasteiger partial charge < -0.3 is 15.4 Å². The number of nitrogens with zero attached hydrogens (tertiary/aromatic N) is 3. The Morgan fingerprint density at radius 1 is 1.32 bits per heavy atom. The second-order valence-electron chi connectivity index (χ2n) is 5.37. The van der Waals surface area contributed by atoms with Gasteiger partial charge in [-0.25, -0.2) is 0 Å². The van der Waals surface area contributed by atoms with Crippen molar-refractivity contribution in [3.8, 4) is 5.75 Å². The zero-order chi connectivity index (χ0) is 16.1. The van der Waals surface area contributed by atoms with Crippen LogP contribution in [0.2, 0.25) is 5.02 Å². The molecule has 0 saturated carbocycles. The van der Waals surface area contributed by atoms with Crippen LogP contribution < -0.4 is 15.4 Å². The van der Waals surface area contributed by atoms with Gasteiger partial charge in [0.25, 0.3) is 0 Å². The van der Waals surface area contributed by atoms with E-state index in [1.807, 2.05) is 13.0 Å². The largest absolute Gasteiger partial charge is 0.495 e. The van der Waals surface area contributed by atoms with Crippen LogP contribution in [0.5, 0.6) is 5.75 Å². The third-order valence-corrected chi connectivity index (χ3v) is 3.38. The molecule has 0 aliphatic rings. The third-order valence-electron chi connectivity index (χ3n) is 2.97. The fraction of sp³-hybridized carbons (Fsp3) is 0.400. The van der Waals surface area contributed by atoms with E-state index in [0.717, 1.165) is 17.8 Å². The van der Waals surface area contributed by atoms with E-state index in [9.17, 15) is 0 Å². The van der Waals surface area contributed by atoms with E-state index in [4.69, 9.17) is 16.3 Å². The van der Waals surface area contributed by atoms with Gasteiger partial charge in [-0.05, 0) is 24.5 Å². The van der Waals surface area contributed by atoms with Crippen LogP contribution in [0, 0.1) is 12.8 Å². The highest BCUT2D eigenvalue weighted by Crippen LogP contribution is 2.32. The first-order valence-corrected chi connectivity index (χ1v) is 7.42. The molecule has 0 aliphatic carbocycles. The second-order valence-corrected chi connectivity index (χ2v) is 5.77. The number of anilines is 3. The Hall–Kier alpha value is -2.08. The Labute approximate surface area is 135 Å². The minimum Gasteiger partial charge on any atom is -0.495 e. The molecule has 0 amide bonds. The number of nitrogens with one attached hydrogen (secondary N) is 2. The van der Waals surface area contributed by atoms with Crippen molar-refractivity contribution in [3.63, 3.8) is 0 Å². The molecule has 6 nitrogen and oxygen atoms in total. The van der Waals surface area contributed by atoms with Gasteiger partial charge in [-0.2, -0.15) is 10.1 Å². The van der Waals surface area contributed by atoms with E-state index in [2.05, 4.69) is 39.7 Å². The minimum atomic E-state index is 0.489. The van der Waals surface area contributed by atoms with Crippen LogP contribution in [0.15, 0.2) is 18.3 Å². The van der Waals surface area contributed by atoms with Gasteiger partial charge in [-0.1, -0.05) is 25.4 Å². The standard InChI is InChI=1S/C15H20ClN5O/c1-9(2)7-17-15-20-14(8-18-21-15)19-12-5-10(3)11(16)6-13(12)22-4/h5-6,8-9H,7H2,1-4H3,(H2,17,19,20,21).